The first-order valence-corrected chi connectivity index (χ1v) is 6.25. The number of anilines is 1. The summed E-state index contributed by atoms with van der Waals surface area (Å²) in [5.74, 6) is 0.110. The molecular formula is C14H20N2O4. The van der Waals surface area contributed by atoms with E-state index in [-0.39, 0.29) is 11.9 Å². The van der Waals surface area contributed by atoms with Crippen molar-refractivity contribution in [2.75, 3.05) is 33.5 Å². The molecule has 110 valence electrons. The maximum Gasteiger partial charge on any atom is 0.305 e. The van der Waals surface area contributed by atoms with E-state index < -0.39 is 0 Å². The van der Waals surface area contributed by atoms with Crippen molar-refractivity contribution in [3.63, 3.8) is 0 Å². The van der Waals surface area contributed by atoms with Crippen LogP contribution in [0.1, 0.15) is 23.2 Å². The van der Waals surface area contributed by atoms with Gasteiger partial charge in [0.2, 0.25) is 0 Å². The molecule has 6 nitrogen and oxygen atoms in total. The summed E-state index contributed by atoms with van der Waals surface area (Å²) in [6.07, 6.45) is 0.847. The number of nitrogens with two attached hydrogens (primary N) is 1. The Morgan fingerprint density at radius 1 is 1.30 bits per heavy atom. The fourth-order valence-electron chi connectivity index (χ4n) is 1.75. The second-order valence-electron chi connectivity index (χ2n) is 4.36. The van der Waals surface area contributed by atoms with Gasteiger partial charge in [0.05, 0.1) is 19.9 Å². The molecule has 0 fully saturated rings. The minimum Gasteiger partial charge on any atom is -0.495 e. The molecule has 0 atom stereocenters. The molecule has 0 aliphatic heterocycles. The largest absolute Gasteiger partial charge is 0.495 e. The van der Waals surface area contributed by atoms with Gasteiger partial charge in [0.25, 0.3) is 5.91 Å². The fourth-order valence-corrected chi connectivity index (χ4v) is 1.75. The number of hydrogen-bond acceptors (Lipinski definition) is 5. The molecule has 1 rings (SSSR count). The number of rotatable bonds is 6. The molecular weight excluding hydrogens is 260 g/mol. The number of benzene rings is 1. The van der Waals surface area contributed by atoms with Crippen LogP contribution in [0.15, 0.2) is 18.2 Å². The molecule has 0 aliphatic carbocycles. The van der Waals surface area contributed by atoms with Crippen LogP contribution in [0.2, 0.25) is 0 Å². The Kier molecular flexibility index (Phi) is 5.83. The summed E-state index contributed by atoms with van der Waals surface area (Å²) in [6, 6.07) is 4.90. The van der Waals surface area contributed by atoms with Gasteiger partial charge in [-0.3, -0.25) is 9.59 Å². The van der Waals surface area contributed by atoms with Crippen molar-refractivity contribution < 1.29 is 19.1 Å². The summed E-state index contributed by atoms with van der Waals surface area (Å²) in [6.45, 7) is 0.472. The summed E-state index contributed by atoms with van der Waals surface area (Å²) < 4.78 is 9.59. The van der Waals surface area contributed by atoms with Crippen molar-refractivity contribution in [2.45, 2.75) is 12.8 Å². The third-order valence-electron chi connectivity index (χ3n) is 2.93. The minimum absolute atomic E-state index is 0.149. The van der Waals surface area contributed by atoms with Gasteiger partial charge >= 0.3 is 5.97 Å². The predicted molar refractivity (Wildman–Crippen MR) is 75.6 cm³/mol. The van der Waals surface area contributed by atoms with E-state index in [1.807, 2.05) is 0 Å². The van der Waals surface area contributed by atoms with Crippen molar-refractivity contribution in [2.24, 2.45) is 0 Å². The zero-order valence-corrected chi connectivity index (χ0v) is 12.0. The van der Waals surface area contributed by atoms with Crippen LogP contribution in [0, 0.1) is 0 Å². The van der Waals surface area contributed by atoms with E-state index in [4.69, 9.17) is 10.5 Å². The third-order valence-corrected chi connectivity index (χ3v) is 2.93. The van der Waals surface area contributed by atoms with Gasteiger partial charge < -0.3 is 20.1 Å². The number of methoxy groups -OCH3 is 2. The van der Waals surface area contributed by atoms with Crippen molar-refractivity contribution in [1.29, 1.82) is 0 Å². The second kappa shape index (κ2) is 7.37. The van der Waals surface area contributed by atoms with Crippen LogP contribution >= 0.6 is 0 Å². The van der Waals surface area contributed by atoms with Crippen LogP contribution in [0.5, 0.6) is 5.75 Å². The van der Waals surface area contributed by atoms with Gasteiger partial charge in [-0.2, -0.15) is 0 Å². The first-order valence-electron chi connectivity index (χ1n) is 6.25. The number of esters is 1. The lowest BCUT2D eigenvalue weighted by Gasteiger charge is -2.17. The molecule has 0 bridgehead atoms. The SMILES string of the molecule is COC(=O)CCCN(C)C(=O)c1ccc(OC)c(N)c1. The van der Waals surface area contributed by atoms with Gasteiger partial charge in [-0.15, -0.1) is 0 Å². The van der Waals surface area contributed by atoms with E-state index >= 15 is 0 Å². The molecule has 0 unspecified atom stereocenters. The number of ether oxygens (including phenoxy) is 2. The standard InChI is InChI=1S/C14H20N2O4/c1-16(8-4-5-13(17)20-3)14(18)10-6-7-12(19-2)11(15)9-10/h6-7,9H,4-5,8,15H2,1-3H3. The highest BCUT2D eigenvalue weighted by Crippen LogP contribution is 2.22. The molecule has 0 aromatic heterocycles. The molecule has 2 N–H and O–H groups in total. The molecule has 1 aromatic rings. The van der Waals surface area contributed by atoms with E-state index in [1.54, 1.807) is 30.1 Å². The highest BCUT2D eigenvalue weighted by Gasteiger charge is 2.13. The highest BCUT2D eigenvalue weighted by atomic mass is 16.5. The number of amides is 1. The Labute approximate surface area is 118 Å². The van der Waals surface area contributed by atoms with Crippen LogP contribution in [0.3, 0.4) is 0 Å². The number of carbonyl (C=O) groups is 2. The van der Waals surface area contributed by atoms with Crippen molar-refractivity contribution in [1.82, 2.24) is 4.90 Å². The molecule has 0 radical (unpaired) electrons. The molecule has 6 heteroatoms. The molecule has 0 saturated heterocycles. The van der Waals surface area contributed by atoms with E-state index in [0.717, 1.165) is 0 Å². The molecule has 0 aliphatic rings. The quantitative estimate of drug-likeness (QED) is 0.627. The van der Waals surface area contributed by atoms with E-state index in [9.17, 15) is 9.59 Å². The Morgan fingerprint density at radius 2 is 2.00 bits per heavy atom. The molecule has 0 saturated carbocycles. The minimum atomic E-state index is -0.278. The van der Waals surface area contributed by atoms with Crippen LogP contribution in [-0.2, 0) is 9.53 Å². The zero-order valence-electron chi connectivity index (χ0n) is 12.0. The Bertz CT molecular complexity index is 488. The average molecular weight is 280 g/mol. The van der Waals surface area contributed by atoms with Crippen LogP contribution in [0.4, 0.5) is 5.69 Å². The van der Waals surface area contributed by atoms with Crippen LogP contribution < -0.4 is 10.5 Å². The van der Waals surface area contributed by atoms with Gasteiger partial charge in [-0.05, 0) is 24.6 Å². The van der Waals surface area contributed by atoms with Gasteiger partial charge in [0.1, 0.15) is 5.75 Å². The number of carbonyl (C=O) groups excluding carboxylic acids is 2. The Hall–Kier alpha value is -2.24. The Balaban J connectivity index is 2.60. The van der Waals surface area contributed by atoms with Gasteiger partial charge in [0, 0.05) is 25.6 Å². The second-order valence-corrected chi connectivity index (χ2v) is 4.36. The van der Waals surface area contributed by atoms with E-state index in [2.05, 4.69) is 4.74 Å². The normalized spacial score (nSPS) is 9.95. The maximum atomic E-state index is 12.2. The summed E-state index contributed by atoms with van der Waals surface area (Å²) in [5, 5.41) is 0. The number of hydrogen-bond donors (Lipinski definition) is 1. The summed E-state index contributed by atoms with van der Waals surface area (Å²) in [7, 11) is 4.55. The molecule has 1 amide bonds. The third kappa shape index (κ3) is 4.15. The molecule has 20 heavy (non-hydrogen) atoms. The average Bonchev–Trinajstić information content (AvgIpc) is 2.45. The van der Waals surface area contributed by atoms with Crippen molar-refractivity contribution in [3.05, 3.63) is 23.8 Å². The molecule has 1 aromatic carbocycles. The van der Waals surface area contributed by atoms with Gasteiger partial charge in [-0.25, -0.2) is 0 Å². The van der Waals surface area contributed by atoms with E-state index in [1.165, 1.54) is 14.2 Å². The summed E-state index contributed by atoms with van der Waals surface area (Å²) >= 11 is 0. The van der Waals surface area contributed by atoms with Crippen molar-refractivity contribution >= 4 is 17.6 Å². The predicted octanol–water partition coefficient (Wildman–Crippen LogP) is 1.30. The fraction of sp³-hybridized carbons (Fsp3) is 0.429. The Morgan fingerprint density at radius 3 is 2.55 bits per heavy atom. The topological polar surface area (TPSA) is 81.9 Å². The first kappa shape index (κ1) is 15.8. The zero-order chi connectivity index (χ0) is 15.1. The maximum absolute atomic E-state index is 12.2. The van der Waals surface area contributed by atoms with Gasteiger partial charge in [-0.1, -0.05) is 0 Å². The summed E-state index contributed by atoms with van der Waals surface area (Å²) in [5.41, 5.74) is 6.68. The first-order chi connectivity index (χ1) is 9.49. The highest BCUT2D eigenvalue weighted by molar-refractivity contribution is 5.95. The molecule has 0 spiro atoms. The van der Waals surface area contributed by atoms with Crippen LogP contribution in [-0.4, -0.2) is 44.6 Å². The smallest absolute Gasteiger partial charge is 0.305 e. The molecule has 0 heterocycles. The van der Waals surface area contributed by atoms with Crippen LogP contribution in [0.25, 0.3) is 0 Å². The lowest BCUT2D eigenvalue weighted by atomic mass is 10.1. The number of nitrogen functional groups attached to an aromatic ring is 1. The lowest BCUT2D eigenvalue weighted by molar-refractivity contribution is -0.140. The number of nitrogens with zero attached hydrogens (tertiary/aromatic N) is 1. The van der Waals surface area contributed by atoms with E-state index in [0.29, 0.717) is 36.4 Å². The monoisotopic (exact) mass is 280 g/mol. The van der Waals surface area contributed by atoms with Gasteiger partial charge in [0.15, 0.2) is 0 Å². The van der Waals surface area contributed by atoms with Crippen molar-refractivity contribution in [3.8, 4) is 5.75 Å². The summed E-state index contributed by atoms with van der Waals surface area (Å²) in [4.78, 5) is 24.7. The lowest BCUT2D eigenvalue weighted by Crippen LogP contribution is -2.28.